The van der Waals surface area contributed by atoms with Gasteiger partial charge in [0.1, 0.15) is 5.69 Å². The molecule has 0 radical (unpaired) electrons. The lowest BCUT2D eigenvalue weighted by Crippen LogP contribution is -2.28. The molecule has 0 aliphatic carbocycles. The first-order chi connectivity index (χ1) is 10.3. The zero-order chi connectivity index (χ0) is 14.5. The molecule has 0 fully saturated rings. The Balaban J connectivity index is 1.52. The van der Waals surface area contributed by atoms with E-state index in [1.54, 1.807) is 12.3 Å². The number of aromatic nitrogens is 2. The van der Waals surface area contributed by atoms with Gasteiger partial charge in [0.25, 0.3) is 5.91 Å². The summed E-state index contributed by atoms with van der Waals surface area (Å²) >= 11 is 0. The van der Waals surface area contributed by atoms with Gasteiger partial charge in [0.15, 0.2) is 0 Å². The standard InChI is InChI=1S/C16H16N4O/c21-16(15-11-14-13(20-15)7-4-8-18-14)19-10-9-17-12-5-2-1-3-6-12/h1-8,11,17,20H,9-10H2,(H,19,21). The normalized spacial score (nSPS) is 10.5. The predicted molar refractivity (Wildman–Crippen MR) is 83.4 cm³/mol. The van der Waals surface area contributed by atoms with E-state index >= 15 is 0 Å². The van der Waals surface area contributed by atoms with Crippen molar-refractivity contribution in [2.75, 3.05) is 18.4 Å². The summed E-state index contributed by atoms with van der Waals surface area (Å²) in [4.78, 5) is 19.3. The number of hydrogen-bond donors (Lipinski definition) is 3. The van der Waals surface area contributed by atoms with E-state index in [2.05, 4.69) is 20.6 Å². The molecule has 0 aliphatic rings. The summed E-state index contributed by atoms with van der Waals surface area (Å²) in [5.41, 5.74) is 3.24. The molecule has 0 unspecified atom stereocenters. The first-order valence-corrected chi connectivity index (χ1v) is 6.84. The fourth-order valence-electron chi connectivity index (χ4n) is 2.11. The molecule has 106 valence electrons. The quantitative estimate of drug-likeness (QED) is 0.629. The van der Waals surface area contributed by atoms with Crippen molar-refractivity contribution in [1.82, 2.24) is 15.3 Å². The third-order valence-corrected chi connectivity index (χ3v) is 3.15. The summed E-state index contributed by atoms with van der Waals surface area (Å²) < 4.78 is 0. The number of benzene rings is 1. The fraction of sp³-hybridized carbons (Fsp3) is 0.125. The Morgan fingerprint density at radius 1 is 1.10 bits per heavy atom. The molecule has 5 nitrogen and oxygen atoms in total. The van der Waals surface area contributed by atoms with Crippen molar-refractivity contribution in [3.63, 3.8) is 0 Å². The van der Waals surface area contributed by atoms with Crippen LogP contribution < -0.4 is 10.6 Å². The van der Waals surface area contributed by atoms with Gasteiger partial charge in [-0.05, 0) is 30.3 Å². The molecule has 3 aromatic rings. The van der Waals surface area contributed by atoms with Gasteiger partial charge in [-0.15, -0.1) is 0 Å². The molecule has 0 aliphatic heterocycles. The lowest BCUT2D eigenvalue weighted by atomic mass is 10.3. The van der Waals surface area contributed by atoms with Crippen LogP contribution in [0.25, 0.3) is 11.0 Å². The topological polar surface area (TPSA) is 69.8 Å². The summed E-state index contributed by atoms with van der Waals surface area (Å²) in [7, 11) is 0. The number of nitrogens with one attached hydrogen (secondary N) is 3. The number of carbonyl (C=O) groups is 1. The van der Waals surface area contributed by atoms with E-state index in [4.69, 9.17) is 0 Å². The van der Waals surface area contributed by atoms with E-state index in [1.165, 1.54) is 0 Å². The molecule has 2 aromatic heterocycles. The summed E-state index contributed by atoms with van der Waals surface area (Å²) in [6, 6.07) is 15.4. The molecular formula is C16H16N4O. The summed E-state index contributed by atoms with van der Waals surface area (Å²) in [5.74, 6) is -0.122. The number of nitrogens with zero attached hydrogens (tertiary/aromatic N) is 1. The molecule has 5 heteroatoms. The number of carbonyl (C=O) groups excluding carboxylic acids is 1. The Morgan fingerprint density at radius 3 is 2.76 bits per heavy atom. The van der Waals surface area contributed by atoms with Crippen LogP contribution in [0.4, 0.5) is 5.69 Å². The third kappa shape index (κ3) is 3.20. The Hall–Kier alpha value is -2.82. The predicted octanol–water partition coefficient (Wildman–Crippen LogP) is 2.40. The van der Waals surface area contributed by atoms with E-state index < -0.39 is 0 Å². The fourth-order valence-corrected chi connectivity index (χ4v) is 2.11. The van der Waals surface area contributed by atoms with Gasteiger partial charge in [0.05, 0.1) is 11.0 Å². The van der Waals surface area contributed by atoms with Gasteiger partial charge >= 0.3 is 0 Å². The number of anilines is 1. The third-order valence-electron chi connectivity index (χ3n) is 3.15. The molecule has 0 atom stereocenters. The van der Waals surface area contributed by atoms with Gasteiger partial charge in [0.2, 0.25) is 0 Å². The number of pyridine rings is 1. The highest BCUT2D eigenvalue weighted by atomic mass is 16.1. The lowest BCUT2D eigenvalue weighted by molar-refractivity contribution is 0.0951. The second-order valence-corrected chi connectivity index (χ2v) is 4.67. The molecule has 1 aromatic carbocycles. The summed E-state index contributed by atoms with van der Waals surface area (Å²) in [5, 5.41) is 6.11. The summed E-state index contributed by atoms with van der Waals surface area (Å²) in [6.45, 7) is 1.23. The number of aromatic amines is 1. The Kier molecular flexibility index (Phi) is 3.82. The lowest BCUT2D eigenvalue weighted by Gasteiger charge is -2.07. The highest BCUT2D eigenvalue weighted by Gasteiger charge is 2.08. The highest BCUT2D eigenvalue weighted by molar-refractivity contribution is 5.97. The molecule has 0 saturated carbocycles. The average Bonchev–Trinajstić information content (AvgIpc) is 2.96. The monoisotopic (exact) mass is 280 g/mol. The minimum Gasteiger partial charge on any atom is -0.383 e. The van der Waals surface area contributed by atoms with Gasteiger partial charge in [0, 0.05) is 25.0 Å². The molecule has 0 saturated heterocycles. The van der Waals surface area contributed by atoms with Crippen LogP contribution in [0.2, 0.25) is 0 Å². The maximum Gasteiger partial charge on any atom is 0.267 e. The zero-order valence-corrected chi connectivity index (χ0v) is 11.5. The smallest absolute Gasteiger partial charge is 0.267 e. The minimum absolute atomic E-state index is 0.122. The largest absolute Gasteiger partial charge is 0.383 e. The van der Waals surface area contributed by atoms with Gasteiger partial charge in [-0.3, -0.25) is 9.78 Å². The van der Waals surface area contributed by atoms with E-state index in [0.717, 1.165) is 16.7 Å². The first kappa shape index (κ1) is 13.2. The van der Waals surface area contributed by atoms with E-state index in [9.17, 15) is 4.79 Å². The SMILES string of the molecule is O=C(NCCNc1ccccc1)c1cc2ncccc2[nH]1. The average molecular weight is 280 g/mol. The summed E-state index contributed by atoms with van der Waals surface area (Å²) in [6.07, 6.45) is 1.71. The molecule has 3 rings (SSSR count). The van der Waals surface area contributed by atoms with Crippen LogP contribution in [0.3, 0.4) is 0 Å². The van der Waals surface area contributed by atoms with E-state index in [1.807, 2.05) is 42.5 Å². The Labute approximate surface area is 122 Å². The van der Waals surface area contributed by atoms with Crippen molar-refractivity contribution < 1.29 is 4.79 Å². The van der Waals surface area contributed by atoms with Crippen LogP contribution >= 0.6 is 0 Å². The van der Waals surface area contributed by atoms with Gasteiger partial charge in [-0.25, -0.2) is 0 Å². The van der Waals surface area contributed by atoms with Crippen molar-refractivity contribution in [2.45, 2.75) is 0 Å². The van der Waals surface area contributed by atoms with Gasteiger partial charge in [-0.2, -0.15) is 0 Å². The second-order valence-electron chi connectivity index (χ2n) is 4.67. The maximum atomic E-state index is 12.0. The molecule has 2 heterocycles. The van der Waals surface area contributed by atoms with Crippen molar-refractivity contribution in [2.24, 2.45) is 0 Å². The van der Waals surface area contributed by atoms with Gasteiger partial charge < -0.3 is 15.6 Å². The maximum absolute atomic E-state index is 12.0. The van der Waals surface area contributed by atoms with Crippen LogP contribution in [0.15, 0.2) is 54.7 Å². The number of amides is 1. The molecule has 1 amide bonds. The van der Waals surface area contributed by atoms with Crippen molar-refractivity contribution in [1.29, 1.82) is 0 Å². The molecule has 21 heavy (non-hydrogen) atoms. The van der Waals surface area contributed by atoms with Crippen LogP contribution in [-0.4, -0.2) is 29.0 Å². The second kappa shape index (κ2) is 6.09. The zero-order valence-electron chi connectivity index (χ0n) is 11.5. The minimum atomic E-state index is -0.122. The van der Waals surface area contributed by atoms with E-state index in [0.29, 0.717) is 18.8 Å². The van der Waals surface area contributed by atoms with Crippen LogP contribution in [0, 0.1) is 0 Å². The van der Waals surface area contributed by atoms with Crippen molar-refractivity contribution in [3.05, 3.63) is 60.4 Å². The van der Waals surface area contributed by atoms with Crippen molar-refractivity contribution >= 4 is 22.6 Å². The number of rotatable bonds is 5. The van der Waals surface area contributed by atoms with Crippen LogP contribution in [-0.2, 0) is 0 Å². The Bertz CT molecular complexity index is 703. The number of para-hydroxylation sites is 1. The Morgan fingerprint density at radius 2 is 1.95 bits per heavy atom. The molecule has 0 bridgehead atoms. The number of H-pyrrole nitrogens is 1. The molecular weight excluding hydrogens is 264 g/mol. The first-order valence-electron chi connectivity index (χ1n) is 6.84. The van der Waals surface area contributed by atoms with E-state index in [-0.39, 0.29) is 5.91 Å². The molecule has 0 spiro atoms. The highest BCUT2D eigenvalue weighted by Crippen LogP contribution is 2.11. The molecule has 3 N–H and O–H groups in total. The van der Waals surface area contributed by atoms with Crippen molar-refractivity contribution in [3.8, 4) is 0 Å². The van der Waals surface area contributed by atoms with Crippen LogP contribution in [0.1, 0.15) is 10.5 Å². The van der Waals surface area contributed by atoms with Crippen LogP contribution in [0.5, 0.6) is 0 Å². The number of hydrogen-bond acceptors (Lipinski definition) is 3. The van der Waals surface area contributed by atoms with Gasteiger partial charge in [-0.1, -0.05) is 18.2 Å². The number of fused-ring (bicyclic) bond motifs is 1.